The highest BCUT2D eigenvalue weighted by atomic mass is 19.1. The Kier molecular flexibility index (Phi) is 3.80. The van der Waals surface area contributed by atoms with Crippen LogP contribution in [0.5, 0.6) is 0 Å². The molecule has 1 fully saturated rings. The van der Waals surface area contributed by atoms with Crippen LogP contribution < -0.4 is 16.1 Å². The standard InChI is InChI=1S/C18H19FN4O3/c1-9-6-22(7-10(9)5-20)17-14(19)4-12-15(24)13(18(25)26)8-23(11-2-3-11)16(12)21-17/h4,8,11H,2-3,5-7,20H2,1H3,(H,25,26). The zero-order valence-corrected chi connectivity index (χ0v) is 14.3. The second-order valence-corrected chi connectivity index (χ2v) is 6.92. The monoisotopic (exact) mass is 358 g/mol. The summed E-state index contributed by atoms with van der Waals surface area (Å²) in [7, 11) is 0. The van der Waals surface area contributed by atoms with Crippen molar-refractivity contribution in [2.75, 3.05) is 24.5 Å². The normalized spacial score (nSPS) is 17.4. The number of carboxylic acids is 1. The Balaban J connectivity index is 1.89. The van der Waals surface area contributed by atoms with E-state index in [1.54, 1.807) is 9.47 Å². The minimum Gasteiger partial charge on any atom is -0.477 e. The Labute approximate surface area is 148 Å². The molecule has 0 saturated heterocycles. The largest absolute Gasteiger partial charge is 0.477 e. The number of nitrogens with zero attached hydrogens (tertiary/aromatic N) is 3. The zero-order valence-electron chi connectivity index (χ0n) is 14.3. The van der Waals surface area contributed by atoms with Gasteiger partial charge in [-0.1, -0.05) is 5.57 Å². The summed E-state index contributed by atoms with van der Waals surface area (Å²) in [6, 6.07) is 1.21. The molecule has 0 aromatic carbocycles. The van der Waals surface area contributed by atoms with E-state index in [0.717, 1.165) is 30.1 Å². The minimum atomic E-state index is -1.32. The van der Waals surface area contributed by atoms with Crippen molar-refractivity contribution in [1.82, 2.24) is 9.55 Å². The number of anilines is 1. The van der Waals surface area contributed by atoms with E-state index in [0.29, 0.717) is 25.3 Å². The Morgan fingerprint density at radius 3 is 2.73 bits per heavy atom. The molecule has 136 valence electrons. The molecule has 2 aliphatic rings. The van der Waals surface area contributed by atoms with Gasteiger partial charge >= 0.3 is 5.97 Å². The van der Waals surface area contributed by atoms with Gasteiger partial charge in [-0.25, -0.2) is 14.2 Å². The Hall–Kier alpha value is -2.74. The summed E-state index contributed by atoms with van der Waals surface area (Å²) >= 11 is 0. The quantitative estimate of drug-likeness (QED) is 0.806. The molecule has 0 bridgehead atoms. The van der Waals surface area contributed by atoms with Crippen molar-refractivity contribution in [3.63, 3.8) is 0 Å². The highest BCUT2D eigenvalue weighted by Crippen LogP contribution is 2.37. The number of nitrogens with two attached hydrogens (primary N) is 1. The first-order valence-electron chi connectivity index (χ1n) is 8.52. The lowest BCUT2D eigenvalue weighted by atomic mass is 10.2. The first kappa shape index (κ1) is 16.7. The fraction of sp³-hybridized carbons (Fsp3) is 0.389. The van der Waals surface area contributed by atoms with Gasteiger partial charge < -0.3 is 20.3 Å². The lowest BCUT2D eigenvalue weighted by Crippen LogP contribution is -2.25. The second kappa shape index (κ2) is 5.91. The Bertz CT molecular complexity index is 1020. The molecule has 0 amide bonds. The number of fused-ring (bicyclic) bond motifs is 1. The van der Waals surface area contributed by atoms with Gasteiger partial charge in [-0.05, 0) is 31.4 Å². The SMILES string of the molecule is CC1=C(CN)CN(c2nc3c(cc2F)c(=O)c(C(=O)O)cn3C2CC2)C1. The van der Waals surface area contributed by atoms with E-state index < -0.39 is 17.2 Å². The third kappa shape index (κ3) is 2.57. The molecule has 2 aromatic heterocycles. The van der Waals surface area contributed by atoms with E-state index >= 15 is 0 Å². The van der Waals surface area contributed by atoms with Gasteiger partial charge in [0.05, 0.1) is 5.39 Å². The average molecular weight is 358 g/mol. The summed E-state index contributed by atoms with van der Waals surface area (Å²) in [5.74, 6) is -1.79. The van der Waals surface area contributed by atoms with Crippen molar-refractivity contribution < 1.29 is 14.3 Å². The molecule has 3 N–H and O–H groups in total. The maximum atomic E-state index is 14.7. The maximum Gasteiger partial charge on any atom is 0.341 e. The van der Waals surface area contributed by atoms with Crippen molar-refractivity contribution in [3.05, 3.63) is 45.0 Å². The molecule has 1 aliphatic heterocycles. The van der Waals surface area contributed by atoms with Gasteiger partial charge in [0.2, 0.25) is 5.43 Å². The average Bonchev–Trinajstić information content (AvgIpc) is 3.37. The van der Waals surface area contributed by atoms with Crippen LogP contribution in [0.25, 0.3) is 11.0 Å². The molecule has 0 atom stereocenters. The fourth-order valence-corrected chi connectivity index (χ4v) is 3.45. The van der Waals surface area contributed by atoms with Crippen LogP contribution in [0, 0.1) is 5.82 Å². The van der Waals surface area contributed by atoms with Crippen LogP contribution in [0.3, 0.4) is 0 Å². The van der Waals surface area contributed by atoms with Crippen LogP contribution in [-0.4, -0.2) is 40.3 Å². The molecule has 8 heteroatoms. The van der Waals surface area contributed by atoms with Crippen molar-refractivity contribution in [2.24, 2.45) is 5.73 Å². The van der Waals surface area contributed by atoms with Gasteiger partial charge in [0.15, 0.2) is 11.6 Å². The molecule has 0 unspecified atom stereocenters. The smallest absolute Gasteiger partial charge is 0.341 e. The molecule has 0 radical (unpaired) electrons. The molecule has 3 heterocycles. The highest BCUT2D eigenvalue weighted by molar-refractivity contribution is 5.92. The third-order valence-corrected chi connectivity index (χ3v) is 5.07. The van der Waals surface area contributed by atoms with Gasteiger partial charge in [-0.2, -0.15) is 0 Å². The number of carboxylic acid groups (broad SMARTS) is 1. The highest BCUT2D eigenvalue weighted by Gasteiger charge is 2.29. The molecule has 26 heavy (non-hydrogen) atoms. The summed E-state index contributed by atoms with van der Waals surface area (Å²) in [6.45, 7) is 3.40. The van der Waals surface area contributed by atoms with Gasteiger partial charge in [-0.15, -0.1) is 0 Å². The minimum absolute atomic E-state index is 0.000904. The summed E-state index contributed by atoms with van der Waals surface area (Å²) in [5.41, 5.74) is 7.14. The number of hydrogen-bond acceptors (Lipinski definition) is 5. The molecule has 4 rings (SSSR count). The molecule has 0 spiro atoms. The van der Waals surface area contributed by atoms with E-state index in [2.05, 4.69) is 4.98 Å². The Morgan fingerprint density at radius 2 is 2.15 bits per heavy atom. The Morgan fingerprint density at radius 1 is 1.42 bits per heavy atom. The van der Waals surface area contributed by atoms with Gasteiger partial charge in [-0.3, -0.25) is 4.79 Å². The van der Waals surface area contributed by atoms with Gasteiger partial charge in [0.1, 0.15) is 11.2 Å². The van der Waals surface area contributed by atoms with Crippen molar-refractivity contribution in [3.8, 4) is 0 Å². The van der Waals surface area contributed by atoms with E-state index in [9.17, 15) is 19.1 Å². The first-order chi connectivity index (χ1) is 12.4. The number of pyridine rings is 2. The van der Waals surface area contributed by atoms with Crippen LogP contribution in [0.1, 0.15) is 36.2 Å². The molecule has 2 aromatic rings. The summed E-state index contributed by atoms with van der Waals surface area (Å²) in [6.07, 6.45) is 3.10. The maximum absolute atomic E-state index is 14.7. The molecular weight excluding hydrogens is 339 g/mol. The van der Waals surface area contributed by atoms with Crippen LogP contribution in [0.4, 0.5) is 10.2 Å². The van der Waals surface area contributed by atoms with Gasteiger partial charge in [0.25, 0.3) is 0 Å². The predicted molar refractivity (Wildman–Crippen MR) is 95.2 cm³/mol. The number of hydrogen-bond donors (Lipinski definition) is 2. The van der Waals surface area contributed by atoms with E-state index in [-0.39, 0.29) is 22.8 Å². The molecule has 7 nitrogen and oxygen atoms in total. The third-order valence-electron chi connectivity index (χ3n) is 5.07. The van der Waals surface area contributed by atoms with Crippen LogP contribution in [0.15, 0.2) is 28.2 Å². The van der Waals surface area contributed by atoms with E-state index in [1.807, 2.05) is 6.92 Å². The van der Waals surface area contributed by atoms with Crippen LogP contribution in [0.2, 0.25) is 0 Å². The number of halogens is 1. The van der Waals surface area contributed by atoms with Gasteiger partial charge in [0, 0.05) is 31.9 Å². The van der Waals surface area contributed by atoms with E-state index in [1.165, 1.54) is 6.20 Å². The number of rotatable bonds is 4. The lowest BCUT2D eigenvalue weighted by Gasteiger charge is -2.20. The predicted octanol–water partition coefficient (Wildman–Crippen LogP) is 1.66. The van der Waals surface area contributed by atoms with Crippen molar-refractivity contribution in [2.45, 2.75) is 25.8 Å². The van der Waals surface area contributed by atoms with E-state index in [4.69, 9.17) is 5.73 Å². The molecular formula is C18H19FN4O3. The second-order valence-electron chi connectivity index (χ2n) is 6.92. The van der Waals surface area contributed by atoms with Crippen molar-refractivity contribution >= 4 is 22.8 Å². The number of aromatic carboxylic acids is 1. The lowest BCUT2D eigenvalue weighted by molar-refractivity contribution is 0.0695. The summed E-state index contributed by atoms with van der Waals surface area (Å²) in [4.78, 5) is 30.1. The summed E-state index contributed by atoms with van der Waals surface area (Å²) in [5, 5.41) is 9.28. The summed E-state index contributed by atoms with van der Waals surface area (Å²) < 4.78 is 16.4. The molecule has 1 saturated carbocycles. The number of aromatic nitrogens is 2. The first-order valence-corrected chi connectivity index (χ1v) is 8.52. The van der Waals surface area contributed by atoms with Crippen molar-refractivity contribution in [1.29, 1.82) is 0 Å². The zero-order chi connectivity index (χ0) is 18.6. The van der Waals surface area contributed by atoms with Crippen LogP contribution in [-0.2, 0) is 0 Å². The van der Waals surface area contributed by atoms with Crippen LogP contribution >= 0.6 is 0 Å². The molecule has 1 aliphatic carbocycles. The topological polar surface area (TPSA) is 101 Å². The fourth-order valence-electron chi connectivity index (χ4n) is 3.45. The number of carbonyl (C=O) groups is 1.